The van der Waals surface area contributed by atoms with E-state index in [0.717, 1.165) is 38.5 Å². The van der Waals surface area contributed by atoms with Crippen molar-refractivity contribution in [1.29, 1.82) is 0 Å². The number of carbonyl (C=O) groups excluding carboxylic acids is 2. The van der Waals surface area contributed by atoms with Crippen molar-refractivity contribution >= 4 is 11.9 Å². The molecule has 6 heteroatoms. The fourth-order valence-corrected chi connectivity index (χ4v) is 10.5. The quantitative estimate of drug-likeness (QED) is 0.0320. The standard InChI is InChI=1S/C66H129NO5/c1-3-5-7-9-11-13-15-17-32-35-38-42-46-50-54-58-64(69)63(62-68)67-65(70)59-55-51-47-43-39-36-33-30-28-26-24-22-20-18-19-21-23-25-27-29-31-34-37-41-45-49-53-57-61-72-66(71)60-56-52-48-44-40-16-14-12-10-8-6-4-2/h54,58,63-64,68-69H,3-53,55-57,59-62H2,1-2H3,(H,67,70)/b58-54+. The number of hydrogen-bond acceptors (Lipinski definition) is 5. The maximum atomic E-state index is 12.5. The van der Waals surface area contributed by atoms with Gasteiger partial charge in [-0.1, -0.05) is 341 Å². The van der Waals surface area contributed by atoms with Crippen LogP contribution in [-0.2, 0) is 14.3 Å². The summed E-state index contributed by atoms with van der Waals surface area (Å²) in [7, 11) is 0. The van der Waals surface area contributed by atoms with E-state index in [-0.39, 0.29) is 18.5 Å². The number of amides is 1. The summed E-state index contributed by atoms with van der Waals surface area (Å²) in [6, 6.07) is -0.624. The number of ether oxygens (including phenoxy) is 1. The smallest absolute Gasteiger partial charge is 0.305 e. The predicted octanol–water partition coefficient (Wildman–Crippen LogP) is 20.8. The minimum Gasteiger partial charge on any atom is -0.466 e. The molecule has 0 saturated carbocycles. The molecule has 0 rings (SSSR count). The van der Waals surface area contributed by atoms with Crippen LogP contribution < -0.4 is 5.32 Å². The van der Waals surface area contributed by atoms with Gasteiger partial charge in [0.05, 0.1) is 25.4 Å². The molecule has 0 aliphatic rings. The molecule has 0 aromatic rings. The molecule has 428 valence electrons. The Morgan fingerprint density at radius 1 is 0.375 bits per heavy atom. The number of rotatable bonds is 62. The first-order valence-corrected chi connectivity index (χ1v) is 33.0. The van der Waals surface area contributed by atoms with Crippen LogP contribution in [0.5, 0.6) is 0 Å². The summed E-state index contributed by atoms with van der Waals surface area (Å²) in [4.78, 5) is 24.5. The van der Waals surface area contributed by atoms with Gasteiger partial charge in [0, 0.05) is 12.8 Å². The topological polar surface area (TPSA) is 95.9 Å². The average Bonchev–Trinajstić information content (AvgIpc) is 3.38. The molecule has 0 aliphatic carbocycles. The van der Waals surface area contributed by atoms with Gasteiger partial charge in [0.15, 0.2) is 0 Å². The molecule has 0 aliphatic heterocycles. The zero-order chi connectivity index (χ0) is 52.2. The zero-order valence-electron chi connectivity index (χ0n) is 48.9. The number of aliphatic hydroxyl groups is 2. The van der Waals surface area contributed by atoms with Crippen LogP contribution in [0.1, 0.15) is 373 Å². The fraction of sp³-hybridized carbons (Fsp3) is 0.939. The van der Waals surface area contributed by atoms with E-state index < -0.39 is 12.1 Å². The normalized spacial score (nSPS) is 12.6. The van der Waals surface area contributed by atoms with E-state index in [1.54, 1.807) is 6.08 Å². The summed E-state index contributed by atoms with van der Waals surface area (Å²) in [5, 5.41) is 23.1. The second-order valence-corrected chi connectivity index (χ2v) is 22.8. The summed E-state index contributed by atoms with van der Waals surface area (Å²) in [6.45, 7) is 4.93. The third-order valence-corrected chi connectivity index (χ3v) is 15.6. The first-order valence-electron chi connectivity index (χ1n) is 33.0. The minimum atomic E-state index is -0.841. The molecule has 0 spiro atoms. The highest BCUT2D eigenvalue weighted by Crippen LogP contribution is 2.19. The fourth-order valence-electron chi connectivity index (χ4n) is 10.5. The molecular formula is C66H129NO5. The number of nitrogens with one attached hydrogen (secondary N) is 1. The van der Waals surface area contributed by atoms with E-state index in [1.807, 2.05) is 6.08 Å². The molecule has 0 aromatic carbocycles. The van der Waals surface area contributed by atoms with E-state index in [1.165, 1.54) is 308 Å². The Labute approximate surface area is 450 Å². The van der Waals surface area contributed by atoms with E-state index in [2.05, 4.69) is 19.2 Å². The Morgan fingerprint density at radius 3 is 0.944 bits per heavy atom. The van der Waals surface area contributed by atoms with Gasteiger partial charge in [-0.2, -0.15) is 0 Å². The lowest BCUT2D eigenvalue weighted by molar-refractivity contribution is -0.143. The third kappa shape index (κ3) is 57.9. The molecule has 0 radical (unpaired) electrons. The first-order chi connectivity index (χ1) is 35.5. The number of aliphatic hydroxyl groups excluding tert-OH is 2. The van der Waals surface area contributed by atoms with Gasteiger partial charge in [0.2, 0.25) is 5.91 Å². The lowest BCUT2D eigenvalue weighted by Gasteiger charge is -2.20. The molecule has 3 N–H and O–H groups in total. The molecule has 6 nitrogen and oxygen atoms in total. The number of hydrogen-bond donors (Lipinski definition) is 3. The molecular weight excluding hydrogens is 887 g/mol. The molecule has 0 saturated heterocycles. The minimum absolute atomic E-state index is 0.0198. The Hall–Kier alpha value is -1.40. The van der Waals surface area contributed by atoms with Crippen LogP contribution in [0, 0.1) is 0 Å². The van der Waals surface area contributed by atoms with Crippen molar-refractivity contribution in [2.24, 2.45) is 0 Å². The van der Waals surface area contributed by atoms with Gasteiger partial charge in [-0.05, 0) is 32.1 Å². The lowest BCUT2D eigenvalue weighted by Crippen LogP contribution is -2.45. The molecule has 0 fully saturated rings. The van der Waals surface area contributed by atoms with Gasteiger partial charge in [0.25, 0.3) is 0 Å². The summed E-state index contributed by atoms with van der Waals surface area (Å²) >= 11 is 0. The number of allylic oxidation sites excluding steroid dienone is 1. The van der Waals surface area contributed by atoms with E-state index >= 15 is 0 Å². The molecule has 2 unspecified atom stereocenters. The highest BCUT2D eigenvalue weighted by atomic mass is 16.5. The zero-order valence-corrected chi connectivity index (χ0v) is 48.9. The van der Waals surface area contributed by atoms with Gasteiger partial charge >= 0.3 is 5.97 Å². The predicted molar refractivity (Wildman–Crippen MR) is 315 cm³/mol. The second kappa shape index (κ2) is 62.1. The number of esters is 1. The van der Waals surface area contributed by atoms with E-state index in [9.17, 15) is 19.8 Å². The average molecular weight is 1020 g/mol. The van der Waals surface area contributed by atoms with Gasteiger partial charge in [-0.3, -0.25) is 9.59 Å². The maximum Gasteiger partial charge on any atom is 0.305 e. The Morgan fingerprint density at radius 2 is 0.639 bits per heavy atom. The summed E-state index contributed by atoms with van der Waals surface area (Å²) < 4.78 is 5.48. The van der Waals surface area contributed by atoms with Crippen LogP contribution in [0.3, 0.4) is 0 Å². The SMILES string of the molecule is CCCCCCCCCCCCCCC/C=C/C(O)C(CO)NC(=O)CCCCCCCCCCCCCCCCCCCCCCCCCCCCCCOC(=O)CCCCCCCCCCCCCC. The molecule has 0 aromatic heterocycles. The first kappa shape index (κ1) is 70.6. The van der Waals surface area contributed by atoms with E-state index in [0.29, 0.717) is 19.4 Å². The maximum absolute atomic E-state index is 12.5. The molecule has 0 heterocycles. The molecule has 1 amide bonds. The van der Waals surface area contributed by atoms with Gasteiger partial charge in [-0.15, -0.1) is 0 Å². The molecule has 2 atom stereocenters. The number of carbonyl (C=O) groups is 2. The highest BCUT2D eigenvalue weighted by molar-refractivity contribution is 5.76. The highest BCUT2D eigenvalue weighted by Gasteiger charge is 2.18. The van der Waals surface area contributed by atoms with Crippen LogP contribution in [-0.4, -0.2) is 47.4 Å². The van der Waals surface area contributed by atoms with Crippen LogP contribution in [0.25, 0.3) is 0 Å². The lowest BCUT2D eigenvalue weighted by atomic mass is 10.0. The van der Waals surface area contributed by atoms with Crippen molar-refractivity contribution < 1.29 is 24.5 Å². The van der Waals surface area contributed by atoms with Crippen LogP contribution in [0.15, 0.2) is 12.2 Å². The summed E-state index contributed by atoms with van der Waals surface area (Å²) in [5.74, 6) is -0.0425. The van der Waals surface area contributed by atoms with Gasteiger partial charge in [-0.25, -0.2) is 0 Å². The van der Waals surface area contributed by atoms with Gasteiger partial charge in [0.1, 0.15) is 0 Å². The Balaban J connectivity index is 3.35. The monoisotopic (exact) mass is 1020 g/mol. The molecule has 72 heavy (non-hydrogen) atoms. The van der Waals surface area contributed by atoms with Crippen LogP contribution >= 0.6 is 0 Å². The van der Waals surface area contributed by atoms with Crippen molar-refractivity contribution in [1.82, 2.24) is 5.32 Å². The van der Waals surface area contributed by atoms with Crippen molar-refractivity contribution in [2.75, 3.05) is 13.2 Å². The van der Waals surface area contributed by atoms with Crippen LogP contribution in [0.4, 0.5) is 0 Å². The van der Waals surface area contributed by atoms with Crippen molar-refractivity contribution in [3.63, 3.8) is 0 Å². The summed E-state index contributed by atoms with van der Waals surface area (Å²) in [5.41, 5.74) is 0. The van der Waals surface area contributed by atoms with Crippen molar-refractivity contribution in [3.05, 3.63) is 12.2 Å². The summed E-state index contributed by atoms with van der Waals surface area (Å²) in [6.07, 6.45) is 75.6. The Bertz CT molecular complexity index is 1080. The largest absolute Gasteiger partial charge is 0.466 e. The molecule has 0 bridgehead atoms. The van der Waals surface area contributed by atoms with E-state index in [4.69, 9.17) is 4.74 Å². The van der Waals surface area contributed by atoms with Crippen molar-refractivity contribution in [3.8, 4) is 0 Å². The second-order valence-electron chi connectivity index (χ2n) is 22.8. The van der Waals surface area contributed by atoms with Gasteiger partial charge < -0.3 is 20.3 Å². The number of unbranched alkanes of at least 4 members (excludes halogenated alkanes) is 51. The van der Waals surface area contributed by atoms with Crippen LogP contribution in [0.2, 0.25) is 0 Å². The Kier molecular flexibility index (Phi) is 60.9. The van der Waals surface area contributed by atoms with Crippen molar-refractivity contribution in [2.45, 2.75) is 386 Å². The third-order valence-electron chi connectivity index (χ3n) is 15.6.